The Hall–Kier alpha value is -2.39. The van der Waals surface area contributed by atoms with E-state index in [9.17, 15) is 13.2 Å². The van der Waals surface area contributed by atoms with Crippen LogP contribution < -0.4 is 15.4 Å². The number of halogens is 3. The second kappa shape index (κ2) is 7.24. The van der Waals surface area contributed by atoms with E-state index in [-0.39, 0.29) is 30.7 Å². The number of nitrogens with zero attached hydrogens (tertiary/aromatic N) is 2. The summed E-state index contributed by atoms with van der Waals surface area (Å²) in [5.74, 6) is 0.00201. The summed E-state index contributed by atoms with van der Waals surface area (Å²) in [6.45, 7) is 1.25. The molecule has 0 saturated carbocycles. The van der Waals surface area contributed by atoms with Gasteiger partial charge >= 0.3 is 6.18 Å². The van der Waals surface area contributed by atoms with Gasteiger partial charge in [-0.05, 0) is 25.1 Å². The van der Waals surface area contributed by atoms with Crippen LogP contribution in [0, 0.1) is 0 Å². The third-order valence-corrected chi connectivity index (χ3v) is 3.69. The van der Waals surface area contributed by atoms with E-state index < -0.39 is 11.7 Å². The van der Waals surface area contributed by atoms with Crippen molar-refractivity contribution in [2.45, 2.75) is 19.1 Å². The molecule has 0 spiro atoms. The number of hydrogen-bond donors (Lipinski definition) is 3. The number of benzene rings is 1. The Labute approximate surface area is 142 Å². The number of aliphatic hydroxyl groups is 1. The summed E-state index contributed by atoms with van der Waals surface area (Å²) < 4.78 is 45.1. The predicted molar refractivity (Wildman–Crippen MR) is 84.5 cm³/mol. The standard InChI is InChI=1S/C16H17F3N4O2/c17-16(18,19)11-3-1-2-4-13(11)25-14-10-5-6-20-9-12(10)22-15(23-14)21-7-8-24/h1-4,20,24H,5-9H2,(H,21,22,23). The maximum absolute atomic E-state index is 13.2. The minimum absolute atomic E-state index is 0.101. The van der Waals surface area contributed by atoms with Crippen LogP contribution in [0.3, 0.4) is 0 Å². The van der Waals surface area contributed by atoms with Crippen molar-refractivity contribution in [3.05, 3.63) is 41.1 Å². The number of hydrogen-bond acceptors (Lipinski definition) is 6. The Kier molecular flexibility index (Phi) is 5.05. The summed E-state index contributed by atoms with van der Waals surface area (Å²) in [7, 11) is 0. The molecule has 0 bridgehead atoms. The van der Waals surface area contributed by atoms with Gasteiger partial charge in [-0.3, -0.25) is 0 Å². The molecule has 1 aliphatic heterocycles. The van der Waals surface area contributed by atoms with Crippen molar-refractivity contribution in [1.29, 1.82) is 0 Å². The zero-order chi connectivity index (χ0) is 17.9. The molecule has 0 atom stereocenters. The Balaban J connectivity index is 1.99. The number of anilines is 1. The van der Waals surface area contributed by atoms with Gasteiger partial charge in [0.1, 0.15) is 5.75 Å². The average Bonchev–Trinajstić information content (AvgIpc) is 2.59. The van der Waals surface area contributed by atoms with E-state index in [0.717, 1.165) is 6.07 Å². The zero-order valence-corrected chi connectivity index (χ0v) is 13.2. The first-order valence-corrected chi connectivity index (χ1v) is 7.78. The second-order valence-electron chi connectivity index (χ2n) is 5.45. The second-order valence-corrected chi connectivity index (χ2v) is 5.45. The van der Waals surface area contributed by atoms with Crippen molar-refractivity contribution < 1.29 is 23.0 Å². The largest absolute Gasteiger partial charge is 0.438 e. The van der Waals surface area contributed by atoms with Gasteiger partial charge < -0.3 is 20.5 Å². The molecule has 0 saturated heterocycles. The summed E-state index contributed by atoms with van der Waals surface area (Å²) in [6.07, 6.45) is -3.97. The summed E-state index contributed by atoms with van der Waals surface area (Å²) >= 11 is 0. The SMILES string of the molecule is OCCNc1nc2c(c(Oc3ccccc3C(F)(F)F)n1)CCNC2. The predicted octanol–water partition coefficient (Wildman–Crippen LogP) is 2.34. The topological polar surface area (TPSA) is 79.3 Å². The smallest absolute Gasteiger partial charge is 0.419 e. The molecule has 0 fully saturated rings. The van der Waals surface area contributed by atoms with Gasteiger partial charge in [0, 0.05) is 18.7 Å². The fourth-order valence-electron chi connectivity index (χ4n) is 2.55. The number of ether oxygens (including phenoxy) is 1. The molecule has 1 aromatic carbocycles. The third-order valence-electron chi connectivity index (χ3n) is 3.69. The van der Waals surface area contributed by atoms with Crippen LogP contribution in [0.5, 0.6) is 11.6 Å². The lowest BCUT2D eigenvalue weighted by atomic mass is 10.1. The number of para-hydroxylation sites is 1. The molecular weight excluding hydrogens is 337 g/mol. The van der Waals surface area contributed by atoms with Crippen molar-refractivity contribution in [3.8, 4) is 11.6 Å². The van der Waals surface area contributed by atoms with Crippen LogP contribution in [0.2, 0.25) is 0 Å². The fourth-order valence-corrected chi connectivity index (χ4v) is 2.55. The highest BCUT2D eigenvalue weighted by molar-refractivity contribution is 5.44. The van der Waals surface area contributed by atoms with Gasteiger partial charge in [0.25, 0.3) is 0 Å². The lowest BCUT2D eigenvalue weighted by Crippen LogP contribution is -2.26. The summed E-state index contributed by atoms with van der Waals surface area (Å²) in [4.78, 5) is 8.52. The number of aliphatic hydroxyl groups excluding tert-OH is 1. The monoisotopic (exact) mass is 354 g/mol. The Morgan fingerprint density at radius 2 is 2.04 bits per heavy atom. The van der Waals surface area contributed by atoms with E-state index in [1.165, 1.54) is 18.2 Å². The van der Waals surface area contributed by atoms with Crippen molar-refractivity contribution in [1.82, 2.24) is 15.3 Å². The molecular formula is C16H17F3N4O2. The molecule has 134 valence electrons. The normalized spacial score (nSPS) is 14.1. The average molecular weight is 354 g/mol. The molecule has 0 radical (unpaired) electrons. The van der Waals surface area contributed by atoms with Crippen LogP contribution in [0.15, 0.2) is 24.3 Å². The van der Waals surface area contributed by atoms with Crippen molar-refractivity contribution in [2.24, 2.45) is 0 Å². The zero-order valence-electron chi connectivity index (χ0n) is 13.2. The number of nitrogens with one attached hydrogen (secondary N) is 2. The van der Waals surface area contributed by atoms with E-state index in [2.05, 4.69) is 20.6 Å². The van der Waals surface area contributed by atoms with Gasteiger partial charge in [0.2, 0.25) is 11.8 Å². The minimum Gasteiger partial charge on any atom is -0.438 e. The van der Waals surface area contributed by atoms with Crippen LogP contribution in [0.1, 0.15) is 16.8 Å². The van der Waals surface area contributed by atoms with E-state index in [1.807, 2.05) is 0 Å². The van der Waals surface area contributed by atoms with E-state index >= 15 is 0 Å². The molecule has 1 aliphatic rings. The van der Waals surface area contributed by atoms with Gasteiger partial charge in [-0.15, -0.1) is 0 Å². The maximum atomic E-state index is 13.2. The van der Waals surface area contributed by atoms with Crippen molar-refractivity contribution in [3.63, 3.8) is 0 Å². The van der Waals surface area contributed by atoms with Gasteiger partial charge in [0.05, 0.1) is 17.9 Å². The Bertz CT molecular complexity index is 753. The van der Waals surface area contributed by atoms with Gasteiger partial charge in [-0.25, -0.2) is 4.98 Å². The Morgan fingerprint density at radius 3 is 2.80 bits per heavy atom. The molecule has 3 rings (SSSR count). The van der Waals surface area contributed by atoms with Crippen LogP contribution in [0.4, 0.5) is 19.1 Å². The Morgan fingerprint density at radius 1 is 1.24 bits per heavy atom. The molecule has 6 nitrogen and oxygen atoms in total. The molecule has 0 unspecified atom stereocenters. The molecule has 2 aromatic rings. The maximum Gasteiger partial charge on any atom is 0.419 e. The van der Waals surface area contributed by atoms with E-state index in [4.69, 9.17) is 9.84 Å². The molecule has 25 heavy (non-hydrogen) atoms. The van der Waals surface area contributed by atoms with Gasteiger partial charge in [0.15, 0.2) is 0 Å². The molecule has 0 aliphatic carbocycles. The fraction of sp³-hybridized carbons (Fsp3) is 0.375. The van der Waals surface area contributed by atoms with Gasteiger partial charge in [-0.1, -0.05) is 12.1 Å². The lowest BCUT2D eigenvalue weighted by molar-refractivity contribution is -0.138. The number of aromatic nitrogens is 2. The third kappa shape index (κ3) is 3.99. The van der Waals surface area contributed by atoms with E-state index in [1.54, 1.807) is 0 Å². The first kappa shape index (κ1) is 17.4. The summed E-state index contributed by atoms with van der Waals surface area (Å²) in [5.41, 5.74) is 0.493. The molecule has 3 N–H and O–H groups in total. The van der Waals surface area contributed by atoms with Gasteiger partial charge in [-0.2, -0.15) is 18.2 Å². The molecule has 9 heteroatoms. The van der Waals surface area contributed by atoms with Crippen LogP contribution in [0.25, 0.3) is 0 Å². The highest BCUT2D eigenvalue weighted by Crippen LogP contribution is 2.38. The number of alkyl halides is 3. The van der Waals surface area contributed by atoms with Crippen LogP contribution in [-0.2, 0) is 19.1 Å². The van der Waals surface area contributed by atoms with Crippen LogP contribution in [-0.4, -0.2) is 34.8 Å². The molecule has 0 amide bonds. The van der Waals surface area contributed by atoms with Crippen molar-refractivity contribution in [2.75, 3.05) is 25.0 Å². The molecule has 2 heterocycles. The summed E-state index contributed by atoms with van der Waals surface area (Å²) in [6, 6.07) is 5.02. The summed E-state index contributed by atoms with van der Waals surface area (Å²) in [5, 5.41) is 14.9. The van der Waals surface area contributed by atoms with Crippen molar-refractivity contribution >= 4 is 5.95 Å². The lowest BCUT2D eigenvalue weighted by Gasteiger charge is -2.21. The highest BCUT2D eigenvalue weighted by Gasteiger charge is 2.34. The minimum atomic E-state index is -4.52. The van der Waals surface area contributed by atoms with Crippen LogP contribution >= 0.6 is 0 Å². The number of rotatable bonds is 5. The quantitative estimate of drug-likeness (QED) is 0.765. The molecule has 1 aromatic heterocycles. The van der Waals surface area contributed by atoms with E-state index in [0.29, 0.717) is 30.8 Å². The first-order valence-electron chi connectivity index (χ1n) is 7.78. The number of fused-ring (bicyclic) bond motifs is 1. The first-order chi connectivity index (χ1) is 12.0. The highest BCUT2D eigenvalue weighted by atomic mass is 19.4.